The molecule has 0 aromatic heterocycles. The predicted molar refractivity (Wildman–Crippen MR) is 97.5 cm³/mol. The Kier molecular flexibility index (Phi) is 3.76. The third-order valence-corrected chi connectivity index (χ3v) is 5.79. The van der Waals surface area contributed by atoms with Gasteiger partial charge in [0.05, 0.1) is 17.0 Å². The van der Waals surface area contributed by atoms with Crippen molar-refractivity contribution in [3.8, 4) is 0 Å². The summed E-state index contributed by atoms with van der Waals surface area (Å²) in [6.07, 6.45) is 0.997. The number of halogens is 1. The van der Waals surface area contributed by atoms with Crippen LogP contribution in [-0.4, -0.2) is 12.3 Å². The molecular weight excluding hydrogens is 326 g/mol. The maximum absolute atomic E-state index is 11.7. The lowest BCUT2D eigenvalue weighted by Crippen LogP contribution is -2.30. The molecule has 4 rings (SSSR count). The summed E-state index contributed by atoms with van der Waals surface area (Å²) in [6, 6.07) is 19.9. The van der Waals surface area contributed by atoms with Crippen LogP contribution >= 0.6 is 23.4 Å². The Hall–Kier alpha value is -1.97. The van der Waals surface area contributed by atoms with Gasteiger partial charge in [-0.25, -0.2) is 0 Å². The van der Waals surface area contributed by atoms with Gasteiger partial charge in [-0.3, -0.25) is 0 Å². The fourth-order valence-electron chi connectivity index (χ4n) is 2.98. The Balaban J connectivity index is 1.80. The molecule has 1 N–H and O–H groups in total. The minimum Gasteiger partial charge on any atom is -0.373 e. The average Bonchev–Trinajstić information content (AvgIpc) is 2.61. The van der Waals surface area contributed by atoms with Crippen LogP contribution in [0.5, 0.6) is 0 Å². The number of aldehydes is 1. The highest BCUT2D eigenvalue weighted by atomic mass is 35.5. The van der Waals surface area contributed by atoms with Gasteiger partial charge in [-0.1, -0.05) is 54.1 Å². The van der Waals surface area contributed by atoms with E-state index in [1.807, 2.05) is 36.4 Å². The number of carbonyl (C=O) groups is 1. The van der Waals surface area contributed by atoms with Crippen molar-refractivity contribution in [2.24, 2.45) is 0 Å². The van der Waals surface area contributed by atoms with E-state index < -0.39 is 0 Å². The van der Waals surface area contributed by atoms with Gasteiger partial charge >= 0.3 is 0 Å². The van der Waals surface area contributed by atoms with E-state index in [9.17, 15) is 4.79 Å². The van der Waals surface area contributed by atoms with Crippen LogP contribution < -0.4 is 5.32 Å². The second-order valence-corrected chi connectivity index (χ2v) is 7.18. The smallest absolute Gasteiger partial charge is 0.143 e. The normalized spacial score (nSPS) is 19.9. The minimum absolute atomic E-state index is 0.0402. The number of hydrogen-bond acceptors (Lipinski definition) is 3. The minimum atomic E-state index is -0.264. The van der Waals surface area contributed by atoms with Gasteiger partial charge in [0.15, 0.2) is 0 Å². The summed E-state index contributed by atoms with van der Waals surface area (Å²) in [5.74, 6) is 0. The zero-order valence-corrected chi connectivity index (χ0v) is 13.8. The highest BCUT2D eigenvalue weighted by Crippen LogP contribution is 2.48. The highest BCUT2D eigenvalue weighted by Gasteiger charge is 2.30. The summed E-state index contributed by atoms with van der Waals surface area (Å²) in [7, 11) is 0. The Labute approximate surface area is 143 Å². The molecule has 2 nitrogen and oxygen atoms in total. The van der Waals surface area contributed by atoms with Crippen molar-refractivity contribution in [2.75, 3.05) is 5.32 Å². The van der Waals surface area contributed by atoms with Crippen molar-refractivity contribution in [3.63, 3.8) is 0 Å². The maximum Gasteiger partial charge on any atom is 0.143 e. The van der Waals surface area contributed by atoms with Crippen LogP contribution in [0.15, 0.2) is 65.6 Å². The molecule has 1 aliphatic rings. The van der Waals surface area contributed by atoms with Gasteiger partial charge in [0.25, 0.3) is 0 Å². The van der Waals surface area contributed by atoms with E-state index in [1.165, 1.54) is 10.3 Å². The SMILES string of the molecule is O=CC1Nc2c(ccc3ccccc23)SC1c1ccc(Cl)cc1. The van der Waals surface area contributed by atoms with Crippen LogP contribution in [-0.2, 0) is 4.79 Å². The molecule has 1 aliphatic heterocycles. The summed E-state index contributed by atoms with van der Waals surface area (Å²) in [5.41, 5.74) is 2.15. The van der Waals surface area contributed by atoms with Crippen molar-refractivity contribution in [2.45, 2.75) is 16.2 Å². The molecule has 0 saturated carbocycles. The molecule has 0 amide bonds. The molecule has 2 atom stereocenters. The highest BCUT2D eigenvalue weighted by molar-refractivity contribution is 7.99. The van der Waals surface area contributed by atoms with Gasteiger partial charge in [-0.15, -0.1) is 11.8 Å². The first-order valence-electron chi connectivity index (χ1n) is 7.42. The molecule has 4 heteroatoms. The average molecular weight is 340 g/mol. The summed E-state index contributed by atoms with van der Waals surface area (Å²) in [5, 5.41) is 6.50. The monoisotopic (exact) mass is 339 g/mol. The number of fused-ring (bicyclic) bond motifs is 3. The van der Waals surface area contributed by atoms with E-state index >= 15 is 0 Å². The van der Waals surface area contributed by atoms with E-state index in [0.717, 1.165) is 22.9 Å². The number of rotatable bonds is 2. The lowest BCUT2D eigenvalue weighted by atomic mass is 10.0. The molecule has 0 bridgehead atoms. The first-order valence-corrected chi connectivity index (χ1v) is 8.68. The van der Waals surface area contributed by atoms with Gasteiger partial charge in [-0.05, 0) is 29.1 Å². The van der Waals surface area contributed by atoms with E-state index in [2.05, 4.69) is 29.6 Å². The molecule has 3 aromatic carbocycles. The Morgan fingerprint density at radius 3 is 2.57 bits per heavy atom. The van der Waals surface area contributed by atoms with Crippen molar-refractivity contribution in [1.29, 1.82) is 0 Å². The van der Waals surface area contributed by atoms with Gasteiger partial charge < -0.3 is 10.1 Å². The van der Waals surface area contributed by atoms with E-state index in [0.29, 0.717) is 5.02 Å². The molecule has 3 aromatic rings. The zero-order chi connectivity index (χ0) is 15.8. The van der Waals surface area contributed by atoms with Gasteiger partial charge in [0, 0.05) is 15.3 Å². The van der Waals surface area contributed by atoms with Crippen molar-refractivity contribution >= 4 is 46.1 Å². The van der Waals surface area contributed by atoms with Gasteiger partial charge in [-0.2, -0.15) is 0 Å². The van der Waals surface area contributed by atoms with Crippen LogP contribution in [0.25, 0.3) is 10.8 Å². The molecule has 0 fully saturated rings. The maximum atomic E-state index is 11.7. The standard InChI is InChI=1S/C19H14ClNOS/c20-14-8-5-13(6-9-14)19-16(11-22)21-18-15-4-2-1-3-12(15)7-10-17(18)23-19/h1-11,16,19,21H. The third kappa shape index (κ3) is 2.60. The number of nitrogens with one attached hydrogen (secondary N) is 1. The molecule has 2 unspecified atom stereocenters. The van der Waals surface area contributed by atoms with Crippen molar-refractivity contribution < 1.29 is 4.79 Å². The lowest BCUT2D eigenvalue weighted by molar-refractivity contribution is -0.108. The molecule has 0 radical (unpaired) electrons. The van der Waals surface area contributed by atoms with Gasteiger partial charge in [0.2, 0.25) is 0 Å². The Morgan fingerprint density at radius 1 is 1.00 bits per heavy atom. The van der Waals surface area contributed by atoms with E-state index in [-0.39, 0.29) is 11.3 Å². The molecule has 0 aliphatic carbocycles. The fraction of sp³-hybridized carbons (Fsp3) is 0.105. The molecule has 114 valence electrons. The van der Waals surface area contributed by atoms with E-state index in [4.69, 9.17) is 11.6 Å². The Morgan fingerprint density at radius 2 is 1.78 bits per heavy atom. The van der Waals surface area contributed by atoms with Crippen LogP contribution in [0.4, 0.5) is 5.69 Å². The molecule has 0 spiro atoms. The zero-order valence-electron chi connectivity index (χ0n) is 12.2. The van der Waals surface area contributed by atoms with E-state index in [1.54, 1.807) is 11.8 Å². The van der Waals surface area contributed by atoms with Crippen LogP contribution in [0, 0.1) is 0 Å². The molecule has 1 heterocycles. The first kappa shape index (κ1) is 14.6. The lowest BCUT2D eigenvalue weighted by Gasteiger charge is -2.32. The molecular formula is C19H14ClNOS. The van der Waals surface area contributed by atoms with Crippen LogP contribution in [0.1, 0.15) is 10.8 Å². The van der Waals surface area contributed by atoms with Gasteiger partial charge in [0.1, 0.15) is 6.29 Å². The summed E-state index contributed by atoms with van der Waals surface area (Å²) >= 11 is 7.70. The predicted octanol–water partition coefficient (Wildman–Crippen LogP) is 5.32. The van der Waals surface area contributed by atoms with Crippen molar-refractivity contribution in [1.82, 2.24) is 0 Å². The number of carbonyl (C=O) groups excluding carboxylic acids is 1. The number of hydrogen-bond donors (Lipinski definition) is 1. The summed E-state index contributed by atoms with van der Waals surface area (Å²) in [6.45, 7) is 0. The number of benzene rings is 3. The second kappa shape index (κ2) is 5.91. The Bertz CT molecular complexity index is 878. The van der Waals surface area contributed by atoms with Crippen LogP contribution in [0.3, 0.4) is 0 Å². The largest absolute Gasteiger partial charge is 0.373 e. The fourth-order valence-corrected chi connectivity index (χ4v) is 4.39. The number of anilines is 1. The molecule has 23 heavy (non-hydrogen) atoms. The topological polar surface area (TPSA) is 29.1 Å². The number of thioether (sulfide) groups is 1. The van der Waals surface area contributed by atoms with Crippen LogP contribution in [0.2, 0.25) is 5.02 Å². The van der Waals surface area contributed by atoms with Crippen molar-refractivity contribution in [3.05, 3.63) is 71.2 Å². The quantitative estimate of drug-likeness (QED) is 0.641. The summed E-state index contributed by atoms with van der Waals surface area (Å²) in [4.78, 5) is 12.8. The summed E-state index contributed by atoms with van der Waals surface area (Å²) < 4.78 is 0. The second-order valence-electron chi connectivity index (χ2n) is 5.56. The first-order chi connectivity index (χ1) is 11.3. The third-order valence-electron chi connectivity index (χ3n) is 4.13. The molecule has 0 saturated heterocycles.